The van der Waals surface area contributed by atoms with E-state index in [0.29, 0.717) is 18.9 Å². The van der Waals surface area contributed by atoms with Crippen molar-refractivity contribution in [3.63, 3.8) is 0 Å². The molecular weight excluding hydrogens is 336 g/mol. The molecule has 0 spiro atoms. The van der Waals surface area contributed by atoms with Crippen molar-refractivity contribution in [1.29, 1.82) is 0 Å². The summed E-state index contributed by atoms with van der Waals surface area (Å²) >= 11 is 0. The molecule has 2 atom stereocenters. The number of hydrogen-bond acceptors (Lipinski definition) is 2. The molecule has 0 radical (unpaired) electrons. The number of aliphatic hydroxyl groups is 1. The molecule has 3 N–H and O–H groups in total. The van der Waals surface area contributed by atoms with Crippen LogP contribution in [0.4, 0.5) is 26.3 Å². The van der Waals surface area contributed by atoms with Crippen molar-refractivity contribution < 1.29 is 31.4 Å². The summed E-state index contributed by atoms with van der Waals surface area (Å²) in [5.41, 5.74) is 2.45. The van der Waals surface area contributed by atoms with E-state index in [9.17, 15) is 31.4 Å². The number of alkyl halides is 6. The second kappa shape index (κ2) is 6.92. The zero-order valence-electron chi connectivity index (χ0n) is 12.8. The van der Waals surface area contributed by atoms with E-state index in [4.69, 9.17) is 5.73 Å². The van der Waals surface area contributed by atoms with Gasteiger partial charge in [-0.25, -0.2) is 0 Å². The molecule has 0 aliphatic heterocycles. The summed E-state index contributed by atoms with van der Waals surface area (Å²) in [4.78, 5) is 0. The Balaban J connectivity index is 2.37. The van der Waals surface area contributed by atoms with Gasteiger partial charge in [-0.15, -0.1) is 0 Å². The minimum Gasteiger partial charge on any atom is -0.391 e. The van der Waals surface area contributed by atoms with Crippen LogP contribution in [0.5, 0.6) is 0 Å². The van der Waals surface area contributed by atoms with Gasteiger partial charge in [0, 0.05) is 0 Å². The highest BCUT2D eigenvalue weighted by Gasteiger charge is 2.40. The van der Waals surface area contributed by atoms with Gasteiger partial charge in [0.15, 0.2) is 0 Å². The standard InChI is InChI=1S/C16H19F6NO/c17-15(18,19)10-6-7-11(12(8-10)16(20,21)22)13(23)14(24)9-4-2-1-3-5-9/h6-9,13-14,24H,1-5,23H2/t13-,14+/m1/s1. The molecule has 0 saturated heterocycles. The molecule has 1 aromatic rings. The van der Waals surface area contributed by atoms with E-state index in [2.05, 4.69) is 0 Å². The van der Waals surface area contributed by atoms with Crippen LogP contribution in [0, 0.1) is 5.92 Å². The Morgan fingerprint density at radius 2 is 1.54 bits per heavy atom. The van der Waals surface area contributed by atoms with Crippen LogP contribution in [0.2, 0.25) is 0 Å². The molecule has 24 heavy (non-hydrogen) atoms. The Kier molecular flexibility index (Phi) is 5.49. The summed E-state index contributed by atoms with van der Waals surface area (Å²) in [5.74, 6) is -0.239. The van der Waals surface area contributed by atoms with Crippen LogP contribution in [0.1, 0.15) is 54.8 Å². The monoisotopic (exact) mass is 355 g/mol. The second-order valence-corrected chi connectivity index (χ2v) is 6.21. The number of rotatable bonds is 3. The number of nitrogens with two attached hydrogens (primary N) is 1. The smallest absolute Gasteiger partial charge is 0.391 e. The lowest BCUT2D eigenvalue weighted by molar-refractivity contribution is -0.143. The third kappa shape index (κ3) is 4.22. The van der Waals surface area contributed by atoms with Crippen molar-refractivity contribution in [3.05, 3.63) is 34.9 Å². The van der Waals surface area contributed by atoms with Gasteiger partial charge < -0.3 is 10.8 Å². The summed E-state index contributed by atoms with van der Waals surface area (Å²) in [6, 6.07) is -0.0320. The molecule has 1 saturated carbocycles. The van der Waals surface area contributed by atoms with Gasteiger partial charge in [0.25, 0.3) is 0 Å². The van der Waals surface area contributed by atoms with E-state index >= 15 is 0 Å². The van der Waals surface area contributed by atoms with E-state index < -0.39 is 41.2 Å². The van der Waals surface area contributed by atoms with Crippen LogP contribution in [0.15, 0.2) is 18.2 Å². The molecule has 0 heterocycles. The Morgan fingerprint density at radius 1 is 0.958 bits per heavy atom. The average Bonchev–Trinajstić information content (AvgIpc) is 2.52. The topological polar surface area (TPSA) is 46.2 Å². The van der Waals surface area contributed by atoms with E-state index in [1.807, 2.05) is 0 Å². The molecule has 0 unspecified atom stereocenters. The predicted molar refractivity (Wildman–Crippen MR) is 76.0 cm³/mol. The molecule has 1 aliphatic rings. The quantitative estimate of drug-likeness (QED) is 0.775. The second-order valence-electron chi connectivity index (χ2n) is 6.21. The fraction of sp³-hybridized carbons (Fsp3) is 0.625. The van der Waals surface area contributed by atoms with Gasteiger partial charge in [0.1, 0.15) is 0 Å². The van der Waals surface area contributed by atoms with Gasteiger partial charge in [-0.05, 0) is 36.5 Å². The van der Waals surface area contributed by atoms with E-state index in [1.54, 1.807) is 0 Å². The van der Waals surface area contributed by atoms with Crippen LogP contribution in [-0.4, -0.2) is 11.2 Å². The average molecular weight is 355 g/mol. The van der Waals surface area contributed by atoms with Crippen molar-refractivity contribution in [2.24, 2.45) is 11.7 Å². The van der Waals surface area contributed by atoms with E-state index in [0.717, 1.165) is 25.3 Å². The van der Waals surface area contributed by atoms with E-state index in [-0.39, 0.29) is 12.0 Å². The molecule has 0 bridgehead atoms. The van der Waals surface area contributed by atoms with Crippen molar-refractivity contribution in [2.75, 3.05) is 0 Å². The molecule has 1 aliphatic carbocycles. The zero-order valence-corrected chi connectivity index (χ0v) is 12.8. The molecule has 136 valence electrons. The lowest BCUT2D eigenvalue weighted by Gasteiger charge is -2.31. The molecule has 0 aromatic heterocycles. The predicted octanol–water partition coefficient (Wildman–Crippen LogP) is 4.67. The number of halogens is 6. The molecule has 1 fully saturated rings. The summed E-state index contributed by atoms with van der Waals surface area (Å²) in [7, 11) is 0. The first-order valence-electron chi connectivity index (χ1n) is 7.74. The highest BCUT2D eigenvalue weighted by molar-refractivity contribution is 5.38. The highest BCUT2D eigenvalue weighted by Crippen LogP contribution is 2.40. The Bertz CT molecular complexity index is 563. The molecule has 2 rings (SSSR count). The largest absolute Gasteiger partial charge is 0.416 e. The van der Waals surface area contributed by atoms with Crippen molar-refractivity contribution >= 4 is 0 Å². The highest BCUT2D eigenvalue weighted by atomic mass is 19.4. The summed E-state index contributed by atoms with van der Waals surface area (Å²) in [5, 5.41) is 10.3. The molecule has 1 aromatic carbocycles. The molecule has 2 nitrogen and oxygen atoms in total. The molecule has 0 amide bonds. The van der Waals surface area contributed by atoms with Crippen LogP contribution >= 0.6 is 0 Å². The maximum absolute atomic E-state index is 13.2. The van der Waals surface area contributed by atoms with Gasteiger partial charge in [-0.2, -0.15) is 26.3 Å². The summed E-state index contributed by atoms with van der Waals surface area (Å²) in [6.07, 6.45) is -7.09. The Morgan fingerprint density at radius 3 is 2.04 bits per heavy atom. The van der Waals surface area contributed by atoms with Gasteiger partial charge in [-0.3, -0.25) is 0 Å². The van der Waals surface area contributed by atoms with Gasteiger partial charge >= 0.3 is 12.4 Å². The maximum atomic E-state index is 13.2. The van der Waals surface area contributed by atoms with Crippen LogP contribution in [0.3, 0.4) is 0 Å². The first-order valence-corrected chi connectivity index (χ1v) is 7.74. The molecule has 8 heteroatoms. The summed E-state index contributed by atoms with van der Waals surface area (Å²) in [6.45, 7) is 0. The van der Waals surface area contributed by atoms with Gasteiger partial charge in [0.05, 0.1) is 23.3 Å². The third-order valence-corrected chi connectivity index (χ3v) is 4.55. The Labute approximate surface area is 135 Å². The lowest BCUT2D eigenvalue weighted by atomic mass is 9.80. The number of hydrogen-bond donors (Lipinski definition) is 2. The lowest BCUT2D eigenvalue weighted by Crippen LogP contribution is -2.35. The first-order chi connectivity index (χ1) is 11.0. The zero-order chi connectivity index (χ0) is 18.1. The number of benzene rings is 1. The van der Waals surface area contributed by atoms with Gasteiger partial charge in [-0.1, -0.05) is 25.3 Å². The first kappa shape index (κ1) is 19.1. The van der Waals surface area contributed by atoms with Crippen molar-refractivity contribution in [1.82, 2.24) is 0 Å². The van der Waals surface area contributed by atoms with Gasteiger partial charge in [0.2, 0.25) is 0 Å². The normalized spacial score (nSPS) is 20.0. The van der Waals surface area contributed by atoms with Crippen LogP contribution < -0.4 is 5.73 Å². The van der Waals surface area contributed by atoms with E-state index in [1.165, 1.54) is 0 Å². The van der Waals surface area contributed by atoms with Crippen molar-refractivity contribution in [2.45, 2.75) is 56.6 Å². The Hall–Kier alpha value is -1.28. The fourth-order valence-electron chi connectivity index (χ4n) is 3.22. The summed E-state index contributed by atoms with van der Waals surface area (Å²) < 4.78 is 77.6. The fourth-order valence-corrected chi connectivity index (χ4v) is 3.22. The third-order valence-electron chi connectivity index (χ3n) is 4.55. The SMILES string of the molecule is N[C@H](c1ccc(C(F)(F)F)cc1C(F)(F)F)[C@@H](O)C1CCCCC1. The van der Waals surface area contributed by atoms with Crippen LogP contribution in [0.25, 0.3) is 0 Å². The molecular formula is C16H19F6NO. The number of aliphatic hydroxyl groups excluding tert-OH is 1. The minimum atomic E-state index is -4.99. The van der Waals surface area contributed by atoms with Crippen LogP contribution in [-0.2, 0) is 12.4 Å². The maximum Gasteiger partial charge on any atom is 0.416 e. The minimum absolute atomic E-state index is 0.0583. The van der Waals surface area contributed by atoms with Crippen molar-refractivity contribution in [3.8, 4) is 0 Å².